The van der Waals surface area contributed by atoms with Crippen molar-refractivity contribution in [3.8, 4) is 0 Å². The van der Waals surface area contributed by atoms with Gasteiger partial charge >= 0.3 is 0 Å². The highest BCUT2D eigenvalue weighted by atomic mass is 19.1. The molecule has 0 aromatic carbocycles. The quantitative estimate of drug-likeness (QED) is 0.736. The van der Waals surface area contributed by atoms with Crippen LogP contribution < -0.4 is 5.73 Å². The predicted octanol–water partition coefficient (Wildman–Crippen LogP) is 1.80. The topological polar surface area (TPSA) is 29.3 Å². The van der Waals surface area contributed by atoms with E-state index in [1.54, 1.807) is 0 Å². The van der Waals surface area contributed by atoms with Crippen LogP contribution in [0.2, 0.25) is 0 Å². The number of alkyl halides is 1. The Balaban J connectivity index is 2.52. The summed E-state index contributed by atoms with van der Waals surface area (Å²) in [5.41, 5.74) is 6.11. The monoisotopic (exact) mass is 202 g/mol. The van der Waals surface area contributed by atoms with E-state index in [0.717, 1.165) is 26.1 Å². The summed E-state index contributed by atoms with van der Waals surface area (Å²) in [4.78, 5) is 2.24. The second-order valence-corrected chi connectivity index (χ2v) is 4.68. The van der Waals surface area contributed by atoms with Gasteiger partial charge in [-0.25, -0.2) is 4.39 Å². The summed E-state index contributed by atoms with van der Waals surface area (Å²) in [5.74, 6) is 0. The van der Waals surface area contributed by atoms with Crippen LogP contribution >= 0.6 is 0 Å². The molecule has 2 nitrogen and oxygen atoms in total. The molecule has 14 heavy (non-hydrogen) atoms. The van der Waals surface area contributed by atoms with Crippen molar-refractivity contribution in [1.29, 1.82) is 0 Å². The SMILES string of the molecule is CCCC1(CN)CCN(C(C)CF)C1. The zero-order chi connectivity index (χ0) is 10.6. The lowest BCUT2D eigenvalue weighted by Crippen LogP contribution is -2.38. The van der Waals surface area contributed by atoms with Crippen LogP contribution in [0.25, 0.3) is 0 Å². The number of nitrogens with zero attached hydrogens (tertiary/aromatic N) is 1. The maximum absolute atomic E-state index is 12.5. The van der Waals surface area contributed by atoms with E-state index < -0.39 is 0 Å². The van der Waals surface area contributed by atoms with E-state index in [4.69, 9.17) is 5.73 Å². The summed E-state index contributed by atoms with van der Waals surface area (Å²) in [6.45, 7) is 6.66. The van der Waals surface area contributed by atoms with Gasteiger partial charge in [-0.05, 0) is 38.3 Å². The average Bonchev–Trinajstić information content (AvgIpc) is 2.62. The molecule has 1 fully saturated rings. The highest BCUT2D eigenvalue weighted by Gasteiger charge is 2.37. The van der Waals surface area contributed by atoms with Gasteiger partial charge in [0.25, 0.3) is 0 Å². The molecule has 0 saturated carbocycles. The van der Waals surface area contributed by atoms with Gasteiger partial charge in [0.1, 0.15) is 6.67 Å². The average molecular weight is 202 g/mol. The summed E-state index contributed by atoms with van der Waals surface area (Å²) in [7, 11) is 0. The normalized spacial score (nSPS) is 30.9. The Morgan fingerprint density at radius 1 is 1.57 bits per heavy atom. The highest BCUT2D eigenvalue weighted by Crippen LogP contribution is 2.34. The van der Waals surface area contributed by atoms with Gasteiger partial charge in [-0.15, -0.1) is 0 Å². The number of halogens is 1. The second kappa shape index (κ2) is 5.08. The molecule has 2 atom stereocenters. The van der Waals surface area contributed by atoms with E-state index in [0.29, 0.717) is 0 Å². The van der Waals surface area contributed by atoms with Gasteiger partial charge in [0.05, 0.1) is 0 Å². The standard InChI is InChI=1S/C11H23FN2/c1-3-4-11(8-13)5-6-14(9-11)10(2)7-12/h10H,3-9,13H2,1-2H3. The van der Waals surface area contributed by atoms with E-state index in [9.17, 15) is 4.39 Å². The Bertz CT molecular complexity index is 175. The van der Waals surface area contributed by atoms with Crippen LogP contribution in [0, 0.1) is 5.41 Å². The van der Waals surface area contributed by atoms with Crippen molar-refractivity contribution in [2.45, 2.75) is 39.2 Å². The minimum atomic E-state index is -0.243. The van der Waals surface area contributed by atoms with Crippen molar-refractivity contribution >= 4 is 0 Å². The summed E-state index contributed by atoms with van der Waals surface area (Å²) in [6, 6.07) is 0.0697. The van der Waals surface area contributed by atoms with Crippen molar-refractivity contribution in [1.82, 2.24) is 4.90 Å². The third-order valence-electron chi connectivity index (χ3n) is 3.53. The molecule has 0 spiro atoms. The number of hydrogen-bond acceptors (Lipinski definition) is 2. The molecular weight excluding hydrogens is 179 g/mol. The van der Waals surface area contributed by atoms with Crippen LogP contribution in [0.3, 0.4) is 0 Å². The van der Waals surface area contributed by atoms with Crippen molar-refractivity contribution in [2.75, 3.05) is 26.3 Å². The molecule has 1 aliphatic heterocycles. The first kappa shape index (κ1) is 11.9. The smallest absolute Gasteiger partial charge is 0.105 e. The molecule has 1 rings (SSSR count). The molecule has 0 bridgehead atoms. The van der Waals surface area contributed by atoms with Crippen LogP contribution in [0.4, 0.5) is 4.39 Å². The number of rotatable bonds is 5. The largest absolute Gasteiger partial charge is 0.330 e. The molecule has 1 saturated heterocycles. The lowest BCUT2D eigenvalue weighted by molar-refractivity contribution is 0.182. The minimum absolute atomic E-state index is 0.0697. The van der Waals surface area contributed by atoms with Crippen LogP contribution in [0.1, 0.15) is 33.1 Å². The van der Waals surface area contributed by atoms with Crippen molar-refractivity contribution in [3.05, 3.63) is 0 Å². The van der Waals surface area contributed by atoms with Crippen LogP contribution in [0.5, 0.6) is 0 Å². The fourth-order valence-corrected chi connectivity index (χ4v) is 2.45. The molecule has 0 aromatic rings. The first-order chi connectivity index (χ1) is 6.67. The van der Waals surface area contributed by atoms with Gasteiger partial charge in [0.15, 0.2) is 0 Å². The number of likely N-dealkylation sites (tertiary alicyclic amines) is 1. The number of hydrogen-bond donors (Lipinski definition) is 1. The Hall–Kier alpha value is -0.150. The van der Waals surface area contributed by atoms with E-state index >= 15 is 0 Å². The van der Waals surface area contributed by atoms with Gasteiger partial charge in [0, 0.05) is 12.6 Å². The van der Waals surface area contributed by atoms with Gasteiger partial charge in [-0.3, -0.25) is 4.90 Å². The van der Waals surface area contributed by atoms with Crippen molar-refractivity contribution < 1.29 is 4.39 Å². The molecule has 0 radical (unpaired) electrons. The summed E-state index contributed by atoms with van der Waals surface area (Å²) < 4.78 is 12.5. The Kier molecular flexibility index (Phi) is 4.32. The van der Waals surface area contributed by atoms with Crippen LogP contribution in [0.15, 0.2) is 0 Å². The van der Waals surface area contributed by atoms with Gasteiger partial charge < -0.3 is 5.73 Å². The number of nitrogens with two attached hydrogens (primary N) is 1. The zero-order valence-electron chi connectivity index (χ0n) is 9.43. The van der Waals surface area contributed by atoms with Crippen LogP contribution in [-0.4, -0.2) is 37.3 Å². The molecule has 2 N–H and O–H groups in total. The molecule has 84 valence electrons. The Morgan fingerprint density at radius 2 is 2.29 bits per heavy atom. The molecule has 0 amide bonds. The third kappa shape index (κ3) is 2.45. The summed E-state index contributed by atoms with van der Waals surface area (Å²) in [6.07, 6.45) is 3.50. The van der Waals surface area contributed by atoms with E-state index in [1.165, 1.54) is 12.8 Å². The lowest BCUT2D eigenvalue weighted by Gasteiger charge is -2.29. The van der Waals surface area contributed by atoms with Crippen molar-refractivity contribution in [2.24, 2.45) is 11.1 Å². The molecule has 0 aromatic heterocycles. The Morgan fingerprint density at radius 3 is 2.79 bits per heavy atom. The van der Waals surface area contributed by atoms with Crippen LogP contribution in [-0.2, 0) is 0 Å². The first-order valence-corrected chi connectivity index (χ1v) is 5.67. The molecule has 1 aliphatic rings. The fourth-order valence-electron chi connectivity index (χ4n) is 2.45. The van der Waals surface area contributed by atoms with Gasteiger partial charge in [-0.1, -0.05) is 13.3 Å². The Labute approximate surface area is 86.6 Å². The maximum atomic E-state index is 12.5. The van der Waals surface area contributed by atoms with E-state index in [-0.39, 0.29) is 18.1 Å². The van der Waals surface area contributed by atoms with E-state index in [2.05, 4.69) is 11.8 Å². The van der Waals surface area contributed by atoms with Gasteiger partial charge in [0.2, 0.25) is 0 Å². The second-order valence-electron chi connectivity index (χ2n) is 4.68. The molecule has 1 heterocycles. The first-order valence-electron chi connectivity index (χ1n) is 5.67. The fraction of sp³-hybridized carbons (Fsp3) is 1.00. The molecule has 0 aliphatic carbocycles. The lowest BCUT2D eigenvalue weighted by atomic mass is 9.83. The maximum Gasteiger partial charge on any atom is 0.105 e. The highest BCUT2D eigenvalue weighted by molar-refractivity contribution is 4.91. The molecule has 3 heteroatoms. The summed E-state index contributed by atoms with van der Waals surface area (Å²) >= 11 is 0. The predicted molar refractivity (Wildman–Crippen MR) is 58.0 cm³/mol. The van der Waals surface area contributed by atoms with Crippen molar-refractivity contribution in [3.63, 3.8) is 0 Å². The summed E-state index contributed by atoms with van der Waals surface area (Å²) in [5, 5.41) is 0. The third-order valence-corrected chi connectivity index (χ3v) is 3.53. The van der Waals surface area contributed by atoms with E-state index in [1.807, 2.05) is 6.92 Å². The molecule has 2 unspecified atom stereocenters. The zero-order valence-corrected chi connectivity index (χ0v) is 9.43. The molecular formula is C11H23FN2. The minimum Gasteiger partial charge on any atom is -0.330 e. The van der Waals surface area contributed by atoms with Gasteiger partial charge in [-0.2, -0.15) is 0 Å².